The molecule has 0 amide bonds. The van der Waals surface area contributed by atoms with Crippen molar-refractivity contribution in [3.05, 3.63) is 83.7 Å². The second kappa shape index (κ2) is 11.2. The molecule has 1 aliphatic rings. The van der Waals surface area contributed by atoms with Gasteiger partial charge in [0.25, 0.3) is 0 Å². The quantitative estimate of drug-likeness (QED) is 0.325. The van der Waals surface area contributed by atoms with E-state index in [1.807, 2.05) is 36.4 Å². The monoisotopic (exact) mass is 408 g/mol. The van der Waals surface area contributed by atoms with Crippen LogP contribution in [0.5, 0.6) is 0 Å². The molecule has 1 unspecified atom stereocenters. The third-order valence-corrected chi connectivity index (χ3v) is 5.99. The average molecular weight is 409 g/mol. The highest BCUT2D eigenvalue weighted by Gasteiger charge is 2.32. The maximum atomic E-state index is 16.1. The molecule has 160 valence electrons. The Balaban J connectivity index is 1.65. The van der Waals surface area contributed by atoms with E-state index in [1.165, 1.54) is 57.1 Å². The summed E-state index contributed by atoms with van der Waals surface area (Å²) >= 11 is 0. The predicted octanol–water partition coefficient (Wildman–Crippen LogP) is 9.07. The molecule has 0 bridgehead atoms. The summed E-state index contributed by atoms with van der Waals surface area (Å²) < 4.78 is 29.9. The van der Waals surface area contributed by atoms with Gasteiger partial charge in [0.05, 0.1) is 0 Å². The molecule has 0 N–H and O–H groups in total. The van der Waals surface area contributed by atoms with Gasteiger partial charge >= 0.3 is 0 Å². The molecule has 1 aliphatic carbocycles. The maximum Gasteiger partial charge on any atom is 0.158 e. The summed E-state index contributed by atoms with van der Waals surface area (Å²) in [7, 11) is 0. The molecule has 1 atom stereocenters. The van der Waals surface area contributed by atoms with Gasteiger partial charge in [-0.1, -0.05) is 100 Å². The Bertz CT molecular complexity index is 864. The van der Waals surface area contributed by atoms with E-state index in [2.05, 4.69) is 13.0 Å². The minimum absolute atomic E-state index is 0.301. The first-order chi connectivity index (χ1) is 14.6. The Morgan fingerprint density at radius 2 is 1.60 bits per heavy atom. The van der Waals surface area contributed by atoms with Crippen molar-refractivity contribution in [3.63, 3.8) is 0 Å². The van der Waals surface area contributed by atoms with E-state index in [0.29, 0.717) is 12.0 Å². The number of allylic oxidation sites excluding steroid dienone is 4. The van der Waals surface area contributed by atoms with Crippen molar-refractivity contribution >= 4 is 0 Å². The van der Waals surface area contributed by atoms with Gasteiger partial charge in [-0.2, -0.15) is 0 Å². The van der Waals surface area contributed by atoms with Crippen LogP contribution in [0.3, 0.4) is 0 Å². The minimum Gasteiger partial charge on any atom is -0.234 e. The largest absolute Gasteiger partial charge is 0.234 e. The molecule has 0 radical (unpaired) electrons. The maximum absolute atomic E-state index is 16.1. The first kappa shape index (κ1) is 22.5. The van der Waals surface area contributed by atoms with Gasteiger partial charge < -0.3 is 0 Å². The normalized spacial score (nSPS) is 18.4. The van der Waals surface area contributed by atoms with Crippen LogP contribution < -0.4 is 0 Å². The Labute approximate surface area is 180 Å². The van der Waals surface area contributed by atoms with Gasteiger partial charge in [0.1, 0.15) is 5.82 Å². The molecule has 2 heteroatoms. The van der Waals surface area contributed by atoms with E-state index in [1.54, 1.807) is 12.1 Å². The summed E-state index contributed by atoms with van der Waals surface area (Å²) in [6.07, 6.45) is 17.2. The lowest BCUT2D eigenvalue weighted by molar-refractivity contribution is 0.234. The highest BCUT2D eigenvalue weighted by atomic mass is 19.1. The zero-order chi connectivity index (χ0) is 21.2. The van der Waals surface area contributed by atoms with E-state index in [0.717, 1.165) is 29.5 Å². The Kier molecular flexibility index (Phi) is 8.42. The molecule has 2 aromatic rings. The van der Waals surface area contributed by atoms with Gasteiger partial charge in [-0.3, -0.25) is 0 Å². The van der Waals surface area contributed by atoms with Gasteiger partial charge in [-0.05, 0) is 47.8 Å². The molecule has 0 spiro atoms. The van der Waals surface area contributed by atoms with E-state index in [4.69, 9.17) is 0 Å². The lowest BCUT2D eigenvalue weighted by Crippen LogP contribution is -2.20. The van der Waals surface area contributed by atoms with Crippen molar-refractivity contribution in [2.24, 2.45) is 0 Å². The lowest BCUT2D eigenvalue weighted by atomic mass is 9.81. The zero-order valence-electron chi connectivity index (χ0n) is 18.2. The molecule has 0 aliphatic heterocycles. The molecule has 0 nitrogen and oxygen atoms in total. The molecule has 0 saturated carbocycles. The fraction of sp³-hybridized carbons (Fsp3) is 0.429. The first-order valence-corrected chi connectivity index (χ1v) is 11.5. The third-order valence-electron chi connectivity index (χ3n) is 5.99. The predicted molar refractivity (Wildman–Crippen MR) is 124 cm³/mol. The number of alkyl halides is 1. The Morgan fingerprint density at radius 1 is 0.867 bits per heavy atom. The lowest BCUT2D eigenvalue weighted by Gasteiger charge is -2.27. The summed E-state index contributed by atoms with van der Waals surface area (Å²) in [4.78, 5) is 0. The van der Waals surface area contributed by atoms with Crippen molar-refractivity contribution in [1.82, 2.24) is 0 Å². The SMILES string of the molecule is CCCCCCCCCCC1=CC(F)(c2ccccc2-c2cccc(F)c2)CC=C1. The summed E-state index contributed by atoms with van der Waals surface area (Å²) in [5, 5.41) is 0. The van der Waals surface area contributed by atoms with E-state index >= 15 is 4.39 Å². The van der Waals surface area contributed by atoms with E-state index in [9.17, 15) is 4.39 Å². The van der Waals surface area contributed by atoms with Crippen LogP contribution in [-0.4, -0.2) is 0 Å². The van der Waals surface area contributed by atoms with Crippen LogP contribution in [-0.2, 0) is 5.67 Å². The van der Waals surface area contributed by atoms with Crippen molar-refractivity contribution in [1.29, 1.82) is 0 Å². The number of rotatable bonds is 11. The number of halogens is 2. The smallest absolute Gasteiger partial charge is 0.158 e. The number of hydrogen-bond acceptors (Lipinski definition) is 0. The van der Waals surface area contributed by atoms with E-state index < -0.39 is 5.67 Å². The zero-order valence-corrected chi connectivity index (χ0v) is 18.2. The summed E-state index contributed by atoms with van der Waals surface area (Å²) in [6, 6.07) is 13.9. The fourth-order valence-electron chi connectivity index (χ4n) is 4.34. The van der Waals surface area contributed by atoms with Crippen LogP contribution in [0.15, 0.2) is 72.3 Å². The number of hydrogen-bond donors (Lipinski definition) is 0. The van der Waals surface area contributed by atoms with Gasteiger partial charge in [0.15, 0.2) is 5.67 Å². The molecule has 0 aromatic heterocycles. The fourth-order valence-corrected chi connectivity index (χ4v) is 4.34. The van der Waals surface area contributed by atoms with E-state index in [-0.39, 0.29) is 5.82 Å². The highest BCUT2D eigenvalue weighted by molar-refractivity contribution is 5.69. The van der Waals surface area contributed by atoms with Gasteiger partial charge in [0, 0.05) is 12.0 Å². The molecular weight excluding hydrogens is 374 g/mol. The van der Waals surface area contributed by atoms with Gasteiger partial charge in [-0.25, -0.2) is 8.78 Å². The van der Waals surface area contributed by atoms with Crippen LogP contribution in [0, 0.1) is 5.82 Å². The van der Waals surface area contributed by atoms with Crippen LogP contribution in [0.25, 0.3) is 11.1 Å². The summed E-state index contributed by atoms with van der Waals surface area (Å²) in [5.41, 5.74) is 1.62. The average Bonchev–Trinajstić information content (AvgIpc) is 2.76. The van der Waals surface area contributed by atoms with Gasteiger partial charge in [0.2, 0.25) is 0 Å². The Morgan fingerprint density at radius 3 is 2.37 bits per heavy atom. The molecule has 2 aromatic carbocycles. The first-order valence-electron chi connectivity index (χ1n) is 11.5. The topological polar surface area (TPSA) is 0 Å². The highest BCUT2D eigenvalue weighted by Crippen LogP contribution is 2.41. The molecule has 0 fully saturated rings. The minimum atomic E-state index is -1.55. The second-order valence-electron chi connectivity index (χ2n) is 8.47. The molecule has 3 rings (SSSR count). The number of benzene rings is 2. The third kappa shape index (κ3) is 6.14. The number of unbranched alkanes of at least 4 members (excludes halogenated alkanes) is 7. The molecule has 0 saturated heterocycles. The molecular formula is C28H34F2. The van der Waals surface area contributed by atoms with Crippen molar-refractivity contribution in [2.75, 3.05) is 0 Å². The van der Waals surface area contributed by atoms with Gasteiger partial charge in [-0.15, -0.1) is 0 Å². The molecule has 30 heavy (non-hydrogen) atoms. The molecule has 0 heterocycles. The standard InChI is InChI=1S/C28H34F2/c1-2-3-4-5-6-7-8-9-14-23-15-13-20-28(30,22-23)27-19-11-10-18-26(27)24-16-12-17-25(29)21-24/h10-13,15-19,21-22H,2-9,14,20H2,1H3. The van der Waals surface area contributed by atoms with Crippen molar-refractivity contribution < 1.29 is 8.78 Å². The van der Waals surface area contributed by atoms with Crippen LogP contribution in [0.2, 0.25) is 0 Å². The summed E-state index contributed by atoms with van der Waals surface area (Å²) in [6.45, 7) is 2.24. The van der Waals surface area contributed by atoms with Crippen molar-refractivity contribution in [2.45, 2.75) is 76.8 Å². The second-order valence-corrected chi connectivity index (χ2v) is 8.47. The van der Waals surface area contributed by atoms with Crippen molar-refractivity contribution in [3.8, 4) is 11.1 Å². The van der Waals surface area contributed by atoms with Crippen LogP contribution in [0.4, 0.5) is 8.78 Å². The summed E-state index contributed by atoms with van der Waals surface area (Å²) in [5.74, 6) is -0.301. The Hall–Kier alpha value is -2.22. The van der Waals surface area contributed by atoms with Crippen LogP contribution in [0.1, 0.15) is 76.7 Å². The van der Waals surface area contributed by atoms with Crippen LogP contribution >= 0.6 is 0 Å².